The van der Waals surface area contributed by atoms with Crippen molar-refractivity contribution >= 4 is 17.8 Å². The number of aliphatic hydroxyl groups is 1. The summed E-state index contributed by atoms with van der Waals surface area (Å²) in [6.45, 7) is 6.20. The van der Waals surface area contributed by atoms with Crippen molar-refractivity contribution in [2.75, 3.05) is 19.8 Å². The molecule has 1 aliphatic heterocycles. The molecule has 1 fully saturated rings. The fourth-order valence-electron chi connectivity index (χ4n) is 2.62. The van der Waals surface area contributed by atoms with Gasteiger partial charge in [-0.25, -0.2) is 9.59 Å². The van der Waals surface area contributed by atoms with Gasteiger partial charge in [-0.2, -0.15) is 0 Å². The number of carbonyl (C=O) groups excluding carboxylic acids is 3. The molecule has 1 N–H and O–H groups in total. The summed E-state index contributed by atoms with van der Waals surface area (Å²) in [7, 11) is 0. The Hall–Kier alpha value is -1.63. The molecule has 114 valence electrons. The van der Waals surface area contributed by atoms with Crippen molar-refractivity contribution in [1.29, 1.82) is 0 Å². The van der Waals surface area contributed by atoms with Crippen LogP contribution in [-0.4, -0.2) is 58.8 Å². The summed E-state index contributed by atoms with van der Waals surface area (Å²) in [6.07, 6.45) is -0.335. The predicted octanol–water partition coefficient (Wildman–Crippen LogP) is -0.145. The smallest absolute Gasteiger partial charge is 0.347 e. The molecule has 7 heteroatoms. The van der Waals surface area contributed by atoms with Gasteiger partial charge >= 0.3 is 11.9 Å². The highest BCUT2D eigenvalue weighted by molar-refractivity contribution is 6.12. The number of likely N-dealkylation sites (tertiary alicyclic amines) is 1. The molecule has 20 heavy (non-hydrogen) atoms. The maximum atomic E-state index is 12.3. The molecule has 0 spiro atoms. The van der Waals surface area contributed by atoms with Gasteiger partial charge in [-0.15, -0.1) is 0 Å². The number of rotatable bonds is 5. The van der Waals surface area contributed by atoms with Gasteiger partial charge in [0, 0.05) is 6.54 Å². The molecule has 1 aliphatic rings. The van der Waals surface area contributed by atoms with Gasteiger partial charge < -0.3 is 19.5 Å². The number of amides is 1. The minimum atomic E-state index is -2.13. The predicted molar refractivity (Wildman–Crippen MR) is 68.6 cm³/mol. The topological polar surface area (TPSA) is 93.1 Å². The van der Waals surface area contributed by atoms with E-state index in [1.54, 1.807) is 20.8 Å². The summed E-state index contributed by atoms with van der Waals surface area (Å²) in [4.78, 5) is 37.7. The van der Waals surface area contributed by atoms with E-state index in [9.17, 15) is 19.5 Å². The first-order valence-corrected chi connectivity index (χ1v) is 6.66. The first-order chi connectivity index (χ1) is 9.29. The first kappa shape index (κ1) is 16.4. The van der Waals surface area contributed by atoms with E-state index in [2.05, 4.69) is 0 Å². The fraction of sp³-hybridized carbons (Fsp3) is 0.769. The van der Waals surface area contributed by atoms with Crippen molar-refractivity contribution in [3.63, 3.8) is 0 Å². The van der Waals surface area contributed by atoms with Crippen LogP contribution in [0.4, 0.5) is 0 Å². The monoisotopic (exact) mass is 287 g/mol. The molecule has 0 saturated carbocycles. The Bertz CT molecular complexity index is 399. The maximum absolute atomic E-state index is 12.3. The molecule has 0 aromatic rings. The molecule has 1 saturated heterocycles. The van der Waals surface area contributed by atoms with Crippen molar-refractivity contribution in [1.82, 2.24) is 4.90 Å². The van der Waals surface area contributed by atoms with E-state index in [4.69, 9.17) is 9.47 Å². The number of ether oxygens (including phenoxy) is 2. The molecule has 1 atom stereocenters. The van der Waals surface area contributed by atoms with Gasteiger partial charge in [-0.1, -0.05) is 0 Å². The van der Waals surface area contributed by atoms with E-state index < -0.39 is 29.0 Å². The van der Waals surface area contributed by atoms with Gasteiger partial charge in [0.25, 0.3) is 5.54 Å². The van der Waals surface area contributed by atoms with Crippen LogP contribution in [-0.2, 0) is 23.9 Å². The van der Waals surface area contributed by atoms with Crippen molar-refractivity contribution in [3.8, 4) is 0 Å². The Morgan fingerprint density at radius 3 is 2.00 bits per heavy atom. The lowest BCUT2D eigenvalue weighted by atomic mass is 9.81. The quantitative estimate of drug-likeness (QED) is 0.558. The second-order valence-electron chi connectivity index (χ2n) is 4.74. The molecule has 0 aromatic heterocycles. The fourth-order valence-corrected chi connectivity index (χ4v) is 2.62. The molecule has 1 unspecified atom stereocenters. The zero-order valence-electron chi connectivity index (χ0n) is 12.3. The van der Waals surface area contributed by atoms with Crippen molar-refractivity contribution in [2.24, 2.45) is 0 Å². The van der Waals surface area contributed by atoms with Gasteiger partial charge in [0.05, 0.1) is 19.6 Å². The third-order valence-corrected chi connectivity index (χ3v) is 3.44. The lowest BCUT2D eigenvalue weighted by molar-refractivity contribution is -0.188. The third-order valence-electron chi connectivity index (χ3n) is 3.44. The summed E-state index contributed by atoms with van der Waals surface area (Å²) in [6, 6.07) is 0. The van der Waals surface area contributed by atoms with Crippen LogP contribution in [0, 0.1) is 0 Å². The molecule has 0 aliphatic carbocycles. The Morgan fingerprint density at radius 2 is 1.65 bits per heavy atom. The average molecular weight is 287 g/mol. The van der Waals surface area contributed by atoms with Gasteiger partial charge in [-0.05, 0) is 27.7 Å². The van der Waals surface area contributed by atoms with Gasteiger partial charge in [0.1, 0.15) is 5.60 Å². The van der Waals surface area contributed by atoms with E-state index in [1.807, 2.05) is 0 Å². The second-order valence-corrected chi connectivity index (χ2v) is 4.74. The second kappa shape index (κ2) is 5.78. The van der Waals surface area contributed by atoms with E-state index in [-0.39, 0.29) is 26.2 Å². The van der Waals surface area contributed by atoms with E-state index in [1.165, 1.54) is 6.92 Å². The van der Waals surface area contributed by atoms with E-state index in [0.717, 1.165) is 4.90 Å². The van der Waals surface area contributed by atoms with Crippen LogP contribution in [0.5, 0.6) is 0 Å². The third kappa shape index (κ3) is 2.15. The summed E-state index contributed by atoms with van der Waals surface area (Å²) in [5, 5.41) is 10.5. The SMILES string of the molecule is CCOC(=O)C1(C(=O)OCC)N(CC)C(=O)CC1(C)O. The van der Waals surface area contributed by atoms with E-state index in [0.29, 0.717) is 0 Å². The highest BCUT2D eigenvalue weighted by Gasteiger charge is 2.71. The molecular formula is C13H21NO6. The lowest BCUT2D eigenvalue weighted by Crippen LogP contribution is -2.68. The largest absolute Gasteiger partial charge is 0.464 e. The molecule has 1 amide bonds. The van der Waals surface area contributed by atoms with Crippen molar-refractivity contribution in [3.05, 3.63) is 0 Å². The van der Waals surface area contributed by atoms with Crippen LogP contribution in [0.1, 0.15) is 34.1 Å². The number of esters is 2. The van der Waals surface area contributed by atoms with Crippen LogP contribution in [0.3, 0.4) is 0 Å². The summed E-state index contributed by atoms with van der Waals surface area (Å²) in [5.41, 5.74) is -4.01. The summed E-state index contributed by atoms with van der Waals surface area (Å²) < 4.78 is 9.84. The van der Waals surface area contributed by atoms with Crippen molar-refractivity contribution < 1.29 is 29.0 Å². The van der Waals surface area contributed by atoms with Crippen LogP contribution in [0.15, 0.2) is 0 Å². The Kier molecular flexibility index (Phi) is 4.75. The average Bonchev–Trinajstić information content (AvgIpc) is 2.55. The molecule has 0 bridgehead atoms. The zero-order chi connectivity index (χ0) is 15.6. The lowest BCUT2D eigenvalue weighted by Gasteiger charge is -2.39. The minimum absolute atomic E-state index is 0.0296. The van der Waals surface area contributed by atoms with Crippen LogP contribution in [0.25, 0.3) is 0 Å². The van der Waals surface area contributed by atoms with Gasteiger partial charge in [0.15, 0.2) is 0 Å². The number of carbonyl (C=O) groups is 3. The Morgan fingerprint density at radius 1 is 1.20 bits per heavy atom. The normalized spacial score (nSPS) is 24.6. The minimum Gasteiger partial charge on any atom is -0.464 e. The van der Waals surface area contributed by atoms with Gasteiger partial charge in [-0.3, -0.25) is 4.79 Å². The Labute approximate surface area is 117 Å². The molecule has 1 rings (SSSR count). The highest BCUT2D eigenvalue weighted by atomic mass is 16.6. The highest BCUT2D eigenvalue weighted by Crippen LogP contribution is 2.41. The maximum Gasteiger partial charge on any atom is 0.347 e. The molecule has 7 nitrogen and oxygen atoms in total. The Balaban J connectivity index is 3.44. The van der Waals surface area contributed by atoms with Crippen LogP contribution < -0.4 is 0 Å². The molecular weight excluding hydrogens is 266 g/mol. The van der Waals surface area contributed by atoms with E-state index >= 15 is 0 Å². The summed E-state index contributed by atoms with van der Waals surface area (Å²) >= 11 is 0. The first-order valence-electron chi connectivity index (χ1n) is 6.66. The zero-order valence-corrected chi connectivity index (χ0v) is 12.3. The number of nitrogens with zero attached hydrogens (tertiary/aromatic N) is 1. The van der Waals surface area contributed by atoms with Gasteiger partial charge in [0.2, 0.25) is 5.91 Å². The summed E-state index contributed by atoms with van der Waals surface area (Å²) in [5.74, 6) is -2.41. The number of likely N-dealkylation sites (N-methyl/N-ethyl adjacent to an activating group) is 1. The van der Waals surface area contributed by atoms with Crippen LogP contribution in [0.2, 0.25) is 0 Å². The number of hydrogen-bond donors (Lipinski definition) is 1. The molecule has 0 aromatic carbocycles. The number of hydrogen-bond acceptors (Lipinski definition) is 6. The van der Waals surface area contributed by atoms with Crippen LogP contribution >= 0.6 is 0 Å². The molecule has 1 heterocycles. The standard InChI is InChI=1S/C13H21NO6/c1-5-14-9(15)8-12(4,18)13(14,10(16)19-6-2)11(17)20-7-3/h18H,5-8H2,1-4H3. The van der Waals surface area contributed by atoms with Crippen molar-refractivity contribution in [2.45, 2.75) is 45.3 Å². The molecule has 0 radical (unpaired) electrons.